The van der Waals surface area contributed by atoms with Gasteiger partial charge in [-0.25, -0.2) is 18.7 Å². The third kappa shape index (κ3) is 2.16. The van der Waals surface area contributed by atoms with E-state index in [1.54, 1.807) is 0 Å². The van der Waals surface area contributed by atoms with Crippen LogP contribution in [0.4, 0.5) is 10.1 Å². The molecule has 18 heavy (non-hydrogen) atoms. The van der Waals surface area contributed by atoms with Crippen LogP contribution >= 0.6 is 0 Å². The highest BCUT2D eigenvalue weighted by atomic mass is 19.1. The van der Waals surface area contributed by atoms with Crippen molar-refractivity contribution >= 4 is 17.7 Å². The van der Waals surface area contributed by atoms with Gasteiger partial charge in [0.05, 0.1) is 5.69 Å². The summed E-state index contributed by atoms with van der Waals surface area (Å²) in [7, 11) is 0. The van der Waals surface area contributed by atoms with E-state index in [0.717, 1.165) is 12.1 Å². The van der Waals surface area contributed by atoms with E-state index in [9.17, 15) is 14.0 Å². The molecule has 7 heteroatoms. The maximum atomic E-state index is 13.0. The first-order valence-electron chi connectivity index (χ1n) is 4.78. The molecule has 0 saturated carbocycles. The summed E-state index contributed by atoms with van der Waals surface area (Å²) in [6, 6.07) is 4.80. The van der Waals surface area contributed by atoms with Gasteiger partial charge in [-0.3, -0.25) is 0 Å². The van der Waals surface area contributed by atoms with Crippen molar-refractivity contribution in [2.75, 3.05) is 0 Å². The summed E-state index contributed by atoms with van der Waals surface area (Å²) < 4.78 is 14.2. The molecule has 1 N–H and O–H groups in total. The lowest BCUT2D eigenvalue weighted by molar-refractivity contribution is 0.0690. The molecule has 0 unspecified atom stereocenters. The zero-order valence-electron chi connectivity index (χ0n) is 8.87. The zero-order chi connectivity index (χ0) is 13.1. The Morgan fingerprint density at radius 3 is 2.83 bits per heavy atom. The van der Waals surface area contributed by atoms with E-state index >= 15 is 0 Å². The summed E-state index contributed by atoms with van der Waals surface area (Å²) in [4.78, 5) is 24.3. The molecule has 0 atom stereocenters. The Bertz CT molecular complexity index is 659. The number of hydrogen-bond acceptors (Lipinski definition) is 4. The van der Waals surface area contributed by atoms with E-state index in [2.05, 4.69) is 10.1 Å². The van der Waals surface area contributed by atoms with Crippen molar-refractivity contribution in [1.29, 1.82) is 0 Å². The van der Waals surface area contributed by atoms with E-state index in [1.165, 1.54) is 29.1 Å². The molecule has 0 amide bonds. The number of benzene rings is 1. The van der Waals surface area contributed by atoms with Crippen LogP contribution < -0.4 is 0 Å². The molecule has 0 bridgehead atoms. The molecule has 1 heterocycles. The van der Waals surface area contributed by atoms with Gasteiger partial charge in [0.25, 0.3) is 0 Å². The molecule has 90 valence electrons. The van der Waals surface area contributed by atoms with Gasteiger partial charge in [0, 0.05) is 12.3 Å². The van der Waals surface area contributed by atoms with Crippen molar-refractivity contribution in [3.8, 4) is 5.69 Å². The highest BCUT2D eigenvalue weighted by Crippen LogP contribution is 2.23. The first kappa shape index (κ1) is 11.7. The fourth-order valence-corrected chi connectivity index (χ4v) is 1.40. The number of carboxylic acids is 1. The minimum Gasteiger partial charge on any atom is -0.476 e. The number of carbonyl (C=O) groups excluding carboxylic acids is 1. The molecule has 1 aromatic carbocycles. The van der Waals surface area contributed by atoms with Crippen LogP contribution in [0.15, 0.2) is 35.5 Å². The molecular formula is C11H6FN3O3. The third-order valence-corrected chi connectivity index (χ3v) is 2.16. The van der Waals surface area contributed by atoms with Crippen LogP contribution in [0.3, 0.4) is 0 Å². The topological polar surface area (TPSA) is 84.5 Å². The van der Waals surface area contributed by atoms with Gasteiger partial charge in [-0.15, -0.1) is 0 Å². The largest absolute Gasteiger partial charge is 0.476 e. The number of halogens is 1. The first-order valence-corrected chi connectivity index (χ1v) is 4.78. The highest BCUT2D eigenvalue weighted by Gasteiger charge is 2.11. The summed E-state index contributed by atoms with van der Waals surface area (Å²) in [5.74, 6) is -1.75. The molecule has 0 spiro atoms. The van der Waals surface area contributed by atoms with E-state index in [0.29, 0.717) is 0 Å². The Morgan fingerprint density at radius 2 is 2.22 bits per heavy atom. The Balaban J connectivity index is 2.55. The van der Waals surface area contributed by atoms with Crippen molar-refractivity contribution in [3.63, 3.8) is 0 Å². The van der Waals surface area contributed by atoms with E-state index in [4.69, 9.17) is 5.11 Å². The van der Waals surface area contributed by atoms with Gasteiger partial charge in [-0.2, -0.15) is 10.1 Å². The van der Waals surface area contributed by atoms with Gasteiger partial charge in [-0.1, -0.05) is 0 Å². The molecule has 0 aliphatic heterocycles. The van der Waals surface area contributed by atoms with Gasteiger partial charge in [0.2, 0.25) is 6.08 Å². The Morgan fingerprint density at radius 1 is 1.44 bits per heavy atom. The van der Waals surface area contributed by atoms with Crippen molar-refractivity contribution < 1.29 is 19.1 Å². The molecule has 2 rings (SSSR count). The zero-order valence-corrected chi connectivity index (χ0v) is 8.87. The number of aromatic nitrogens is 2. The summed E-state index contributed by atoms with van der Waals surface area (Å²) in [6.45, 7) is 0. The van der Waals surface area contributed by atoms with Gasteiger partial charge in [0.1, 0.15) is 11.5 Å². The lowest BCUT2D eigenvalue weighted by Gasteiger charge is -2.04. The normalized spacial score (nSPS) is 9.83. The van der Waals surface area contributed by atoms with E-state index < -0.39 is 11.8 Å². The van der Waals surface area contributed by atoms with Crippen molar-refractivity contribution in [2.24, 2.45) is 4.99 Å². The number of hydrogen-bond donors (Lipinski definition) is 1. The second kappa shape index (κ2) is 4.60. The highest BCUT2D eigenvalue weighted by molar-refractivity contribution is 5.85. The maximum absolute atomic E-state index is 13.0. The van der Waals surface area contributed by atoms with E-state index in [1.807, 2.05) is 0 Å². The fraction of sp³-hybridized carbons (Fsp3) is 0. The number of isocyanates is 1. The van der Waals surface area contributed by atoms with Gasteiger partial charge >= 0.3 is 5.97 Å². The number of carboxylic acid groups (broad SMARTS) is 1. The second-order valence-electron chi connectivity index (χ2n) is 3.29. The van der Waals surface area contributed by atoms with Crippen molar-refractivity contribution in [1.82, 2.24) is 9.78 Å². The molecule has 0 radical (unpaired) electrons. The van der Waals surface area contributed by atoms with Crippen LogP contribution in [0.25, 0.3) is 5.69 Å². The standard InChI is InChI=1S/C11H6FN3O3/c12-7-1-2-10(9(5-7)13-6-16)15-4-3-8(14-15)11(17)18/h1-5H,(H,17,18). The number of rotatable bonds is 3. The van der Waals surface area contributed by atoms with Gasteiger partial charge in [-0.05, 0) is 18.2 Å². The molecule has 1 aromatic heterocycles. The van der Waals surface area contributed by atoms with Crippen LogP contribution in [0.1, 0.15) is 10.5 Å². The number of aliphatic imine (C=N–C) groups is 1. The SMILES string of the molecule is O=C=Nc1cc(F)ccc1-n1ccc(C(=O)O)n1. The van der Waals surface area contributed by atoms with Gasteiger partial charge < -0.3 is 5.11 Å². The summed E-state index contributed by atoms with van der Waals surface area (Å²) in [6.07, 6.45) is 2.68. The average molecular weight is 247 g/mol. The average Bonchev–Trinajstić information content (AvgIpc) is 2.79. The summed E-state index contributed by atoms with van der Waals surface area (Å²) in [5.41, 5.74) is 0.137. The van der Waals surface area contributed by atoms with Crippen LogP contribution in [-0.2, 0) is 4.79 Å². The quantitative estimate of drug-likeness (QED) is 0.660. The first-order chi connectivity index (χ1) is 8.61. The molecule has 0 fully saturated rings. The number of nitrogens with zero attached hydrogens (tertiary/aromatic N) is 3. The maximum Gasteiger partial charge on any atom is 0.356 e. The summed E-state index contributed by atoms with van der Waals surface area (Å²) in [5, 5.41) is 12.5. The van der Waals surface area contributed by atoms with Crippen LogP contribution in [0.2, 0.25) is 0 Å². The fourth-order valence-electron chi connectivity index (χ4n) is 1.40. The molecule has 6 nitrogen and oxygen atoms in total. The molecule has 0 saturated heterocycles. The third-order valence-electron chi connectivity index (χ3n) is 2.16. The minimum absolute atomic E-state index is 0.0186. The van der Waals surface area contributed by atoms with Crippen molar-refractivity contribution in [2.45, 2.75) is 0 Å². The second-order valence-corrected chi connectivity index (χ2v) is 3.29. The number of aromatic carboxylic acids is 1. The predicted molar refractivity (Wildman–Crippen MR) is 58.3 cm³/mol. The van der Waals surface area contributed by atoms with Crippen LogP contribution in [-0.4, -0.2) is 26.9 Å². The monoisotopic (exact) mass is 247 g/mol. The van der Waals surface area contributed by atoms with E-state index in [-0.39, 0.29) is 17.1 Å². The molecule has 0 aliphatic carbocycles. The smallest absolute Gasteiger partial charge is 0.356 e. The van der Waals surface area contributed by atoms with Gasteiger partial charge in [0.15, 0.2) is 5.69 Å². The Kier molecular flexibility index (Phi) is 2.99. The van der Waals surface area contributed by atoms with Crippen LogP contribution in [0.5, 0.6) is 0 Å². The lowest BCUT2D eigenvalue weighted by Crippen LogP contribution is -2.01. The van der Waals surface area contributed by atoms with Crippen molar-refractivity contribution in [3.05, 3.63) is 42.0 Å². The minimum atomic E-state index is -1.18. The lowest BCUT2D eigenvalue weighted by atomic mass is 10.2. The van der Waals surface area contributed by atoms with Crippen LogP contribution in [0, 0.1) is 5.82 Å². The Hall–Kier alpha value is -2.79. The molecule has 2 aromatic rings. The summed E-state index contributed by atoms with van der Waals surface area (Å²) >= 11 is 0. The molecule has 0 aliphatic rings. The number of carbonyl (C=O) groups is 1. The Labute approximate surface area is 100 Å². The molecular weight excluding hydrogens is 241 g/mol. The predicted octanol–water partition coefficient (Wildman–Crippen LogP) is 1.68.